The standard InChI is InChI=1S/C21H26O5P/c1-14(2)10-11-27(23)19-9-7-6-8-16(19)21(22)20-17(25-4)12-15(24-3)13-18(20)26-5/h6-9,12-14H,10-11H2,1-5H3/q+1. The van der Waals surface area contributed by atoms with Crippen LogP contribution in [0.25, 0.3) is 0 Å². The normalized spacial score (nSPS) is 11.3. The lowest BCUT2D eigenvalue weighted by Crippen LogP contribution is -2.16. The molecule has 2 rings (SSSR count). The third kappa shape index (κ3) is 4.86. The van der Waals surface area contributed by atoms with Crippen LogP contribution in [-0.4, -0.2) is 33.3 Å². The lowest BCUT2D eigenvalue weighted by atomic mass is 10.0. The number of hydrogen-bond donors (Lipinski definition) is 0. The van der Waals surface area contributed by atoms with Crippen molar-refractivity contribution in [2.45, 2.75) is 20.3 Å². The van der Waals surface area contributed by atoms with E-state index in [0.29, 0.717) is 45.8 Å². The maximum absolute atomic E-state index is 13.3. The molecule has 0 saturated carbocycles. The van der Waals surface area contributed by atoms with E-state index in [1.54, 1.807) is 36.4 Å². The van der Waals surface area contributed by atoms with E-state index in [9.17, 15) is 9.36 Å². The second-order valence-electron chi connectivity index (χ2n) is 6.54. The molecule has 0 amide bonds. The van der Waals surface area contributed by atoms with E-state index in [-0.39, 0.29) is 5.78 Å². The third-order valence-corrected chi connectivity index (χ3v) is 5.86. The van der Waals surface area contributed by atoms with Crippen LogP contribution in [0.4, 0.5) is 0 Å². The van der Waals surface area contributed by atoms with Gasteiger partial charge in [0.15, 0.2) is 6.16 Å². The molecule has 0 saturated heterocycles. The molecule has 1 atom stereocenters. The molecular weight excluding hydrogens is 363 g/mol. The second kappa shape index (κ2) is 9.52. The van der Waals surface area contributed by atoms with E-state index in [2.05, 4.69) is 13.8 Å². The van der Waals surface area contributed by atoms with Gasteiger partial charge in [-0.05, 0) is 24.5 Å². The molecule has 1 unspecified atom stereocenters. The molecule has 5 nitrogen and oxygen atoms in total. The van der Waals surface area contributed by atoms with E-state index in [1.165, 1.54) is 21.3 Å². The van der Waals surface area contributed by atoms with Crippen LogP contribution in [0.5, 0.6) is 17.2 Å². The number of hydrogen-bond acceptors (Lipinski definition) is 5. The molecule has 0 bridgehead atoms. The SMILES string of the molecule is COc1cc(OC)c(C(=O)c2ccccc2[P+](=O)CCC(C)C)c(OC)c1. The number of ether oxygens (including phenoxy) is 3. The minimum Gasteiger partial charge on any atom is -0.496 e. The van der Waals surface area contributed by atoms with Crippen molar-refractivity contribution >= 4 is 18.9 Å². The second-order valence-corrected chi connectivity index (χ2v) is 8.22. The Balaban J connectivity index is 2.52. The molecule has 0 radical (unpaired) electrons. The summed E-state index contributed by atoms with van der Waals surface area (Å²) in [6, 6.07) is 10.3. The van der Waals surface area contributed by atoms with Crippen molar-refractivity contribution in [1.82, 2.24) is 0 Å². The molecule has 27 heavy (non-hydrogen) atoms. The van der Waals surface area contributed by atoms with Gasteiger partial charge in [0.25, 0.3) is 0 Å². The highest BCUT2D eigenvalue weighted by Gasteiger charge is 2.30. The van der Waals surface area contributed by atoms with Crippen molar-refractivity contribution in [1.29, 1.82) is 0 Å². The highest BCUT2D eigenvalue weighted by molar-refractivity contribution is 7.53. The molecule has 2 aromatic carbocycles. The molecule has 0 aromatic heterocycles. The molecule has 0 fully saturated rings. The predicted molar refractivity (Wildman–Crippen MR) is 108 cm³/mol. The van der Waals surface area contributed by atoms with E-state index >= 15 is 0 Å². The van der Waals surface area contributed by atoms with Crippen molar-refractivity contribution in [2.24, 2.45) is 5.92 Å². The molecule has 6 heteroatoms. The zero-order valence-corrected chi connectivity index (χ0v) is 17.3. The van der Waals surface area contributed by atoms with Crippen LogP contribution in [0.3, 0.4) is 0 Å². The van der Waals surface area contributed by atoms with Crippen molar-refractivity contribution in [3.8, 4) is 17.2 Å². The summed E-state index contributed by atoms with van der Waals surface area (Å²) >= 11 is 0. The maximum atomic E-state index is 13.3. The highest BCUT2D eigenvalue weighted by atomic mass is 31.1. The fourth-order valence-corrected chi connectivity index (χ4v) is 4.43. The van der Waals surface area contributed by atoms with Crippen LogP contribution < -0.4 is 19.5 Å². The van der Waals surface area contributed by atoms with Crippen molar-refractivity contribution in [2.75, 3.05) is 27.5 Å². The van der Waals surface area contributed by atoms with Gasteiger partial charge >= 0.3 is 7.80 Å². The number of rotatable bonds is 9. The molecule has 144 valence electrons. The van der Waals surface area contributed by atoms with Crippen LogP contribution in [0.1, 0.15) is 36.2 Å². The zero-order valence-electron chi connectivity index (χ0n) is 16.4. The van der Waals surface area contributed by atoms with E-state index in [4.69, 9.17) is 14.2 Å². The van der Waals surface area contributed by atoms with Crippen molar-refractivity contribution in [3.05, 3.63) is 47.5 Å². The Morgan fingerprint density at radius 2 is 1.59 bits per heavy atom. The quantitative estimate of drug-likeness (QED) is 0.469. The smallest absolute Gasteiger partial charge is 0.377 e. The van der Waals surface area contributed by atoms with Crippen LogP contribution in [-0.2, 0) is 4.57 Å². The number of ketones is 1. The van der Waals surface area contributed by atoms with Gasteiger partial charge < -0.3 is 14.2 Å². The molecule has 0 N–H and O–H groups in total. The topological polar surface area (TPSA) is 61.8 Å². The Labute approximate surface area is 161 Å². The molecule has 0 aliphatic carbocycles. The Hall–Kier alpha value is -2.39. The summed E-state index contributed by atoms with van der Waals surface area (Å²) in [7, 11) is 2.84. The minimum absolute atomic E-state index is 0.283. The summed E-state index contributed by atoms with van der Waals surface area (Å²) in [6.45, 7) is 4.18. The summed E-state index contributed by atoms with van der Waals surface area (Å²) in [5.74, 6) is 1.40. The Morgan fingerprint density at radius 3 is 2.11 bits per heavy atom. The monoisotopic (exact) mass is 389 g/mol. The largest absolute Gasteiger partial charge is 0.496 e. The number of benzene rings is 2. The van der Waals surface area contributed by atoms with Gasteiger partial charge in [0.05, 0.1) is 26.9 Å². The predicted octanol–water partition coefficient (Wildman–Crippen LogP) is 4.44. The Kier molecular flexibility index (Phi) is 7.37. The maximum Gasteiger partial charge on any atom is 0.377 e. The number of carbonyl (C=O) groups excluding carboxylic acids is 1. The fraction of sp³-hybridized carbons (Fsp3) is 0.381. The summed E-state index contributed by atoms with van der Waals surface area (Å²) < 4.78 is 28.9. The lowest BCUT2D eigenvalue weighted by molar-refractivity contribution is 0.103. The minimum atomic E-state index is -1.67. The fourth-order valence-electron chi connectivity index (χ4n) is 2.74. The average Bonchev–Trinajstić information content (AvgIpc) is 2.70. The molecule has 2 aromatic rings. The van der Waals surface area contributed by atoms with Crippen LogP contribution >= 0.6 is 7.80 Å². The Morgan fingerprint density at radius 1 is 1.00 bits per heavy atom. The van der Waals surface area contributed by atoms with Gasteiger partial charge in [-0.3, -0.25) is 4.79 Å². The number of methoxy groups -OCH3 is 3. The van der Waals surface area contributed by atoms with E-state index in [0.717, 1.165) is 6.42 Å². The molecular formula is C21H26O5P+. The summed E-state index contributed by atoms with van der Waals surface area (Å²) in [5, 5.41) is 0.568. The summed E-state index contributed by atoms with van der Waals surface area (Å²) in [4.78, 5) is 13.3. The van der Waals surface area contributed by atoms with Gasteiger partial charge in [-0.2, -0.15) is 0 Å². The first-order valence-corrected chi connectivity index (χ1v) is 10.3. The van der Waals surface area contributed by atoms with E-state index < -0.39 is 7.80 Å². The molecule has 0 heterocycles. The summed E-state index contributed by atoms with van der Waals surface area (Å²) in [6.07, 6.45) is 1.39. The van der Waals surface area contributed by atoms with Gasteiger partial charge in [-0.15, -0.1) is 0 Å². The van der Waals surface area contributed by atoms with E-state index in [1.807, 2.05) is 0 Å². The van der Waals surface area contributed by atoms with Crippen LogP contribution in [0.15, 0.2) is 36.4 Å². The summed E-state index contributed by atoms with van der Waals surface area (Å²) in [5.41, 5.74) is 0.699. The van der Waals surface area contributed by atoms with Crippen molar-refractivity contribution < 1.29 is 23.6 Å². The zero-order chi connectivity index (χ0) is 20.0. The van der Waals surface area contributed by atoms with Gasteiger partial charge in [0.1, 0.15) is 22.8 Å². The van der Waals surface area contributed by atoms with Crippen molar-refractivity contribution in [3.63, 3.8) is 0 Å². The van der Waals surface area contributed by atoms with Crippen LogP contribution in [0, 0.1) is 5.92 Å². The van der Waals surface area contributed by atoms with Gasteiger partial charge in [0, 0.05) is 12.1 Å². The number of carbonyl (C=O) groups is 1. The molecule has 0 aliphatic heterocycles. The molecule has 0 spiro atoms. The highest BCUT2D eigenvalue weighted by Crippen LogP contribution is 2.36. The van der Waals surface area contributed by atoms with Crippen LogP contribution in [0.2, 0.25) is 0 Å². The average molecular weight is 389 g/mol. The van der Waals surface area contributed by atoms with Gasteiger partial charge in [-0.25, -0.2) is 0 Å². The lowest BCUT2D eigenvalue weighted by Gasteiger charge is -2.14. The Bertz CT molecular complexity index is 804. The third-order valence-electron chi connectivity index (χ3n) is 4.27. The first-order chi connectivity index (χ1) is 12.9. The van der Waals surface area contributed by atoms with Gasteiger partial charge in [0.2, 0.25) is 11.1 Å². The first kappa shape index (κ1) is 20.9. The molecule has 0 aliphatic rings. The van der Waals surface area contributed by atoms with Gasteiger partial charge in [-0.1, -0.05) is 30.5 Å². The first-order valence-electron chi connectivity index (χ1n) is 8.81.